The summed E-state index contributed by atoms with van der Waals surface area (Å²) in [6.07, 6.45) is 6.53. The standard InChI is InChI=1S/C15H23N/c1-12-7-13(2)9-14(8-12)10-15(11-16)5-3-4-6-15/h7-9H,3-6,10-11,16H2,1-2H3. The number of aryl methyl sites for hydroxylation is 2. The highest BCUT2D eigenvalue weighted by atomic mass is 14.6. The maximum absolute atomic E-state index is 5.99. The minimum absolute atomic E-state index is 0.403. The second-order valence-corrected chi connectivity index (χ2v) is 5.58. The van der Waals surface area contributed by atoms with Gasteiger partial charge in [-0.15, -0.1) is 0 Å². The van der Waals surface area contributed by atoms with E-state index >= 15 is 0 Å². The maximum Gasteiger partial charge on any atom is -0.00173 e. The summed E-state index contributed by atoms with van der Waals surface area (Å²) in [5, 5.41) is 0. The largest absolute Gasteiger partial charge is 0.330 e. The molecule has 0 amide bonds. The van der Waals surface area contributed by atoms with Gasteiger partial charge in [0.15, 0.2) is 0 Å². The third kappa shape index (κ3) is 2.46. The van der Waals surface area contributed by atoms with Gasteiger partial charge in [-0.3, -0.25) is 0 Å². The third-order valence-corrected chi connectivity index (χ3v) is 3.96. The van der Waals surface area contributed by atoms with Crippen molar-refractivity contribution in [2.24, 2.45) is 11.1 Å². The van der Waals surface area contributed by atoms with Gasteiger partial charge in [-0.2, -0.15) is 0 Å². The van der Waals surface area contributed by atoms with Crippen LogP contribution in [0.1, 0.15) is 42.4 Å². The lowest BCUT2D eigenvalue weighted by molar-refractivity contribution is 0.306. The second-order valence-electron chi connectivity index (χ2n) is 5.58. The molecule has 0 spiro atoms. The van der Waals surface area contributed by atoms with Gasteiger partial charge in [0.25, 0.3) is 0 Å². The first kappa shape index (κ1) is 11.7. The first-order chi connectivity index (χ1) is 7.63. The van der Waals surface area contributed by atoms with Crippen molar-refractivity contribution in [2.75, 3.05) is 6.54 Å². The van der Waals surface area contributed by atoms with E-state index in [1.807, 2.05) is 0 Å². The van der Waals surface area contributed by atoms with Crippen LogP contribution in [-0.4, -0.2) is 6.54 Å². The van der Waals surface area contributed by atoms with Crippen molar-refractivity contribution >= 4 is 0 Å². The van der Waals surface area contributed by atoms with Gasteiger partial charge in [0.1, 0.15) is 0 Å². The van der Waals surface area contributed by atoms with Crippen LogP contribution in [-0.2, 0) is 6.42 Å². The van der Waals surface area contributed by atoms with Crippen molar-refractivity contribution in [2.45, 2.75) is 46.0 Å². The summed E-state index contributed by atoms with van der Waals surface area (Å²) in [7, 11) is 0. The molecule has 1 heteroatoms. The van der Waals surface area contributed by atoms with E-state index in [1.54, 1.807) is 0 Å². The first-order valence-corrected chi connectivity index (χ1v) is 6.41. The zero-order valence-corrected chi connectivity index (χ0v) is 10.6. The summed E-state index contributed by atoms with van der Waals surface area (Å²) < 4.78 is 0. The number of nitrogens with two attached hydrogens (primary N) is 1. The Balaban J connectivity index is 2.18. The number of hydrogen-bond donors (Lipinski definition) is 1. The van der Waals surface area contributed by atoms with E-state index in [1.165, 1.54) is 48.8 Å². The molecule has 1 aliphatic carbocycles. The lowest BCUT2D eigenvalue weighted by atomic mass is 9.79. The van der Waals surface area contributed by atoms with E-state index in [9.17, 15) is 0 Å². The Morgan fingerprint density at radius 3 is 2.12 bits per heavy atom. The Hall–Kier alpha value is -0.820. The summed E-state index contributed by atoms with van der Waals surface area (Å²) >= 11 is 0. The SMILES string of the molecule is Cc1cc(C)cc(CC2(CN)CCCC2)c1. The van der Waals surface area contributed by atoms with E-state index in [0.717, 1.165) is 6.54 Å². The normalized spacial score (nSPS) is 18.9. The number of rotatable bonds is 3. The Morgan fingerprint density at radius 1 is 1.06 bits per heavy atom. The Labute approximate surface area is 99.0 Å². The molecule has 1 aliphatic rings. The first-order valence-electron chi connectivity index (χ1n) is 6.41. The average Bonchev–Trinajstić information content (AvgIpc) is 2.65. The van der Waals surface area contributed by atoms with Crippen LogP contribution in [0.4, 0.5) is 0 Å². The minimum Gasteiger partial charge on any atom is -0.330 e. The van der Waals surface area contributed by atoms with Crippen LogP contribution >= 0.6 is 0 Å². The van der Waals surface area contributed by atoms with Gasteiger partial charge in [-0.1, -0.05) is 42.2 Å². The zero-order chi connectivity index (χ0) is 11.6. The summed E-state index contributed by atoms with van der Waals surface area (Å²) in [5.41, 5.74) is 10.6. The summed E-state index contributed by atoms with van der Waals surface area (Å²) in [6, 6.07) is 6.89. The molecular weight excluding hydrogens is 194 g/mol. The Morgan fingerprint density at radius 2 is 1.62 bits per heavy atom. The van der Waals surface area contributed by atoms with Crippen LogP contribution in [0.15, 0.2) is 18.2 Å². The average molecular weight is 217 g/mol. The molecule has 0 bridgehead atoms. The topological polar surface area (TPSA) is 26.0 Å². The molecule has 0 atom stereocenters. The molecule has 1 aromatic carbocycles. The molecule has 88 valence electrons. The number of benzene rings is 1. The fourth-order valence-corrected chi connectivity index (χ4v) is 3.18. The molecule has 0 heterocycles. The van der Waals surface area contributed by atoms with Gasteiger partial charge in [0.05, 0.1) is 0 Å². The van der Waals surface area contributed by atoms with Crippen molar-refractivity contribution in [3.05, 3.63) is 34.9 Å². The molecule has 2 rings (SSSR count). The maximum atomic E-state index is 5.99. The smallest absolute Gasteiger partial charge is 0.00173 e. The van der Waals surface area contributed by atoms with E-state index < -0.39 is 0 Å². The molecule has 0 unspecified atom stereocenters. The summed E-state index contributed by atoms with van der Waals surface area (Å²) in [4.78, 5) is 0. The van der Waals surface area contributed by atoms with Crippen LogP contribution < -0.4 is 5.73 Å². The van der Waals surface area contributed by atoms with Crippen molar-refractivity contribution in [1.82, 2.24) is 0 Å². The fourth-order valence-electron chi connectivity index (χ4n) is 3.18. The van der Waals surface area contributed by atoms with Crippen LogP contribution in [0.2, 0.25) is 0 Å². The quantitative estimate of drug-likeness (QED) is 0.825. The molecule has 16 heavy (non-hydrogen) atoms. The van der Waals surface area contributed by atoms with E-state index in [-0.39, 0.29) is 0 Å². The highest BCUT2D eigenvalue weighted by Crippen LogP contribution is 2.40. The van der Waals surface area contributed by atoms with Gasteiger partial charge >= 0.3 is 0 Å². The zero-order valence-electron chi connectivity index (χ0n) is 10.6. The second kappa shape index (κ2) is 4.58. The van der Waals surface area contributed by atoms with Crippen molar-refractivity contribution < 1.29 is 0 Å². The molecule has 1 fully saturated rings. The molecule has 1 nitrogen and oxygen atoms in total. The monoisotopic (exact) mass is 217 g/mol. The van der Waals surface area contributed by atoms with Crippen molar-refractivity contribution in [3.8, 4) is 0 Å². The summed E-state index contributed by atoms with van der Waals surface area (Å²) in [5.74, 6) is 0. The molecule has 1 aromatic rings. The highest BCUT2D eigenvalue weighted by Gasteiger charge is 2.32. The predicted octanol–water partition coefficient (Wildman–Crippen LogP) is 3.37. The van der Waals surface area contributed by atoms with Gasteiger partial charge in [-0.25, -0.2) is 0 Å². The fraction of sp³-hybridized carbons (Fsp3) is 0.600. The molecule has 0 saturated heterocycles. The van der Waals surface area contributed by atoms with Crippen LogP contribution in [0.5, 0.6) is 0 Å². The van der Waals surface area contributed by atoms with E-state index in [4.69, 9.17) is 5.73 Å². The molecule has 2 N–H and O–H groups in total. The Bertz CT molecular complexity index is 341. The van der Waals surface area contributed by atoms with Gasteiger partial charge < -0.3 is 5.73 Å². The molecule has 0 aromatic heterocycles. The van der Waals surface area contributed by atoms with Crippen LogP contribution in [0.25, 0.3) is 0 Å². The Kier molecular flexibility index (Phi) is 3.34. The van der Waals surface area contributed by atoms with Crippen molar-refractivity contribution in [3.63, 3.8) is 0 Å². The van der Waals surface area contributed by atoms with Gasteiger partial charge in [0, 0.05) is 0 Å². The molecule has 0 radical (unpaired) electrons. The van der Waals surface area contributed by atoms with E-state index in [2.05, 4.69) is 32.0 Å². The minimum atomic E-state index is 0.403. The van der Waals surface area contributed by atoms with Gasteiger partial charge in [-0.05, 0) is 50.6 Å². The molecule has 1 saturated carbocycles. The van der Waals surface area contributed by atoms with Gasteiger partial charge in [0.2, 0.25) is 0 Å². The predicted molar refractivity (Wildman–Crippen MR) is 69.6 cm³/mol. The van der Waals surface area contributed by atoms with E-state index in [0.29, 0.717) is 5.41 Å². The lowest BCUT2D eigenvalue weighted by Gasteiger charge is -2.27. The van der Waals surface area contributed by atoms with Crippen molar-refractivity contribution in [1.29, 1.82) is 0 Å². The van der Waals surface area contributed by atoms with Crippen LogP contribution in [0.3, 0.4) is 0 Å². The molecular formula is C15H23N. The summed E-state index contributed by atoms with van der Waals surface area (Å²) in [6.45, 7) is 5.21. The lowest BCUT2D eigenvalue weighted by Crippen LogP contribution is -2.29. The molecule has 0 aliphatic heterocycles. The number of hydrogen-bond acceptors (Lipinski definition) is 1. The highest BCUT2D eigenvalue weighted by molar-refractivity contribution is 5.29. The van der Waals surface area contributed by atoms with Crippen LogP contribution in [0, 0.1) is 19.3 Å². The third-order valence-electron chi connectivity index (χ3n) is 3.96.